The Hall–Kier alpha value is -0.160. The summed E-state index contributed by atoms with van der Waals surface area (Å²) in [6.07, 6.45) is -1.07. The van der Waals surface area contributed by atoms with Crippen molar-refractivity contribution in [2.45, 2.75) is 78.0 Å². The third-order valence-corrected chi connectivity index (χ3v) is 3.03. The number of rotatable bonds is 3. The van der Waals surface area contributed by atoms with E-state index in [4.69, 9.17) is 14.2 Å². The monoisotopic (exact) mass is 274 g/mol. The first-order valence-electron chi connectivity index (χ1n) is 7.11. The molecule has 19 heavy (non-hydrogen) atoms. The van der Waals surface area contributed by atoms with Gasteiger partial charge in [-0.05, 0) is 41.5 Å². The SMILES string of the molecule is C[C@@H]1CO[C@H](COC(C)(C)C)[C@H](OC(C)(C)C)[C@H]1O. The van der Waals surface area contributed by atoms with Crippen LogP contribution in [-0.2, 0) is 14.2 Å². The Kier molecular flexibility index (Phi) is 5.41. The maximum absolute atomic E-state index is 10.3. The number of aliphatic hydroxyl groups is 1. The highest BCUT2D eigenvalue weighted by atomic mass is 16.6. The Bertz CT molecular complexity index is 277. The summed E-state index contributed by atoms with van der Waals surface area (Å²) in [5.41, 5.74) is -0.532. The summed E-state index contributed by atoms with van der Waals surface area (Å²) in [6.45, 7) is 14.9. The Morgan fingerprint density at radius 1 is 1.11 bits per heavy atom. The number of aliphatic hydroxyl groups excluding tert-OH is 1. The van der Waals surface area contributed by atoms with E-state index in [0.717, 1.165) is 0 Å². The zero-order valence-electron chi connectivity index (χ0n) is 13.4. The third kappa shape index (κ3) is 5.78. The number of hydrogen-bond acceptors (Lipinski definition) is 4. The van der Waals surface area contributed by atoms with Gasteiger partial charge in [0.25, 0.3) is 0 Å². The molecule has 1 aliphatic rings. The van der Waals surface area contributed by atoms with Gasteiger partial charge in [0, 0.05) is 5.92 Å². The summed E-state index contributed by atoms with van der Waals surface area (Å²) >= 11 is 0. The van der Waals surface area contributed by atoms with Gasteiger partial charge in [-0.2, -0.15) is 0 Å². The summed E-state index contributed by atoms with van der Waals surface area (Å²) < 4.78 is 17.6. The summed E-state index contributed by atoms with van der Waals surface area (Å²) in [7, 11) is 0. The molecule has 4 heteroatoms. The fraction of sp³-hybridized carbons (Fsp3) is 1.00. The topological polar surface area (TPSA) is 47.9 Å². The fourth-order valence-corrected chi connectivity index (χ4v) is 2.04. The van der Waals surface area contributed by atoms with E-state index in [0.29, 0.717) is 13.2 Å². The summed E-state index contributed by atoms with van der Waals surface area (Å²) in [5.74, 6) is 0.0817. The van der Waals surface area contributed by atoms with Crippen molar-refractivity contribution in [3.63, 3.8) is 0 Å². The standard InChI is InChI=1S/C15H30O4/c1-10-8-17-11(9-18-14(2,3)4)13(12(10)16)19-15(5,6)7/h10-13,16H,8-9H2,1-7H3/t10-,11-,12+,13+/m1/s1. The van der Waals surface area contributed by atoms with Crippen LogP contribution in [0.5, 0.6) is 0 Å². The van der Waals surface area contributed by atoms with Crippen molar-refractivity contribution in [1.82, 2.24) is 0 Å². The molecule has 0 radical (unpaired) electrons. The van der Waals surface area contributed by atoms with Crippen molar-refractivity contribution >= 4 is 0 Å². The van der Waals surface area contributed by atoms with Crippen LogP contribution >= 0.6 is 0 Å². The molecular weight excluding hydrogens is 244 g/mol. The summed E-state index contributed by atoms with van der Waals surface area (Å²) in [4.78, 5) is 0. The quantitative estimate of drug-likeness (QED) is 0.858. The first-order chi connectivity index (χ1) is 8.49. The molecule has 0 aliphatic carbocycles. The van der Waals surface area contributed by atoms with Crippen LogP contribution in [0, 0.1) is 5.92 Å². The van der Waals surface area contributed by atoms with Gasteiger partial charge in [0.15, 0.2) is 0 Å². The second kappa shape index (κ2) is 6.08. The molecule has 114 valence electrons. The Morgan fingerprint density at radius 3 is 2.16 bits per heavy atom. The maximum Gasteiger partial charge on any atom is 0.113 e. The normalized spacial score (nSPS) is 33.5. The lowest BCUT2D eigenvalue weighted by Gasteiger charge is -2.42. The van der Waals surface area contributed by atoms with Gasteiger partial charge in [-0.3, -0.25) is 0 Å². The molecule has 0 spiro atoms. The van der Waals surface area contributed by atoms with Crippen molar-refractivity contribution in [1.29, 1.82) is 0 Å². The zero-order chi connectivity index (χ0) is 14.8. The minimum absolute atomic E-state index is 0.0817. The first kappa shape index (κ1) is 16.9. The largest absolute Gasteiger partial charge is 0.390 e. The summed E-state index contributed by atoms with van der Waals surface area (Å²) in [5, 5.41) is 10.3. The highest BCUT2D eigenvalue weighted by Crippen LogP contribution is 2.27. The summed E-state index contributed by atoms with van der Waals surface area (Å²) in [6, 6.07) is 0. The molecular formula is C15H30O4. The molecule has 1 aliphatic heterocycles. The Labute approximate surface area is 117 Å². The molecule has 0 bridgehead atoms. The minimum Gasteiger partial charge on any atom is -0.390 e. The first-order valence-corrected chi connectivity index (χ1v) is 7.11. The van der Waals surface area contributed by atoms with Gasteiger partial charge in [-0.15, -0.1) is 0 Å². The van der Waals surface area contributed by atoms with Gasteiger partial charge in [0.2, 0.25) is 0 Å². The van der Waals surface area contributed by atoms with Crippen LogP contribution in [0.4, 0.5) is 0 Å². The molecule has 1 saturated heterocycles. The molecule has 0 aromatic heterocycles. The molecule has 0 amide bonds. The van der Waals surface area contributed by atoms with Crippen LogP contribution in [0.15, 0.2) is 0 Å². The number of ether oxygens (including phenoxy) is 3. The van der Waals surface area contributed by atoms with E-state index in [-0.39, 0.29) is 29.3 Å². The minimum atomic E-state index is -0.512. The van der Waals surface area contributed by atoms with E-state index in [2.05, 4.69) is 0 Å². The van der Waals surface area contributed by atoms with Gasteiger partial charge in [-0.25, -0.2) is 0 Å². The second-order valence-electron chi connectivity index (χ2n) is 7.46. The van der Waals surface area contributed by atoms with Crippen LogP contribution in [-0.4, -0.2) is 47.8 Å². The molecule has 0 aromatic rings. The zero-order valence-corrected chi connectivity index (χ0v) is 13.4. The molecule has 0 unspecified atom stereocenters. The molecule has 4 nitrogen and oxygen atoms in total. The van der Waals surface area contributed by atoms with Crippen LogP contribution in [0.3, 0.4) is 0 Å². The lowest BCUT2D eigenvalue weighted by molar-refractivity contribution is -0.230. The molecule has 4 atom stereocenters. The van der Waals surface area contributed by atoms with Crippen LogP contribution in [0.2, 0.25) is 0 Å². The number of hydrogen-bond donors (Lipinski definition) is 1. The van der Waals surface area contributed by atoms with E-state index in [1.807, 2.05) is 48.5 Å². The average Bonchev–Trinajstić information content (AvgIpc) is 2.21. The molecule has 0 aromatic carbocycles. The molecule has 1 N–H and O–H groups in total. The lowest BCUT2D eigenvalue weighted by Crippen LogP contribution is -2.55. The van der Waals surface area contributed by atoms with Gasteiger partial charge in [0.05, 0.1) is 30.5 Å². The molecule has 1 heterocycles. The van der Waals surface area contributed by atoms with Gasteiger partial charge in [0.1, 0.15) is 12.2 Å². The third-order valence-electron chi connectivity index (χ3n) is 3.03. The van der Waals surface area contributed by atoms with E-state index in [1.165, 1.54) is 0 Å². The Morgan fingerprint density at radius 2 is 1.68 bits per heavy atom. The van der Waals surface area contributed by atoms with Crippen LogP contribution in [0.25, 0.3) is 0 Å². The second-order valence-corrected chi connectivity index (χ2v) is 7.46. The van der Waals surface area contributed by atoms with E-state index >= 15 is 0 Å². The van der Waals surface area contributed by atoms with Crippen molar-refractivity contribution < 1.29 is 19.3 Å². The van der Waals surface area contributed by atoms with E-state index < -0.39 is 6.10 Å². The van der Waals surface area contributed by atoms with Crippen LogP contribution in [0.1, 0.15) is 48.5 Å². The highest BCUT2D eigenvalue weighted by Gasteiger charge is 2.40. The lowest BCUT2D eigenvalue weighted by atomic mass is 9.93. The maximum atomic E-state index is 10.3. The molecule has 1 fully saturated rings. The van der Waals surface area contributed by atoms with E-state index in [9.17, 15) is 5.11 Å². The highest BCUT2D eigenvalue weighted by molar-refractivity contribution is 4.88. The smallest absolute Gasteiger partial charge is 0.113 e. The average molecular weight is 274 g/mol. The van der Waals surface area contributed by atoms with Crippen molar-refractivity contribution in [2.24, 2.45) is 5.92 Å². The van der Waals surface area contributed by atoms with Gasteiger partial charge in [-0.1, -0.05) is 6.92 Å². The van der Waals surface area contributed by atoms with Gasteiger partial charge >= 0.3 is 0 Å². The van der Waals surface area contributed by atoms with Crippen molar-refractivity contribution in [2.75, 3.05) is 13.2 Å². The molecule has 0 saturated carbocycles. The predicted molar refractivity (Wildman–Crippen MR) is 75.2 cm³/mol. The predicted octanol–water partition coefficient (Wildman–Crippen LogP) is 2.38. The fourth-order valence-electron chi connectivity index (χ4n) is 2.04. The Balaban J connectivity index is 2.70. The van der Waals surface area contributed by atoms with Crippen molar-refractivity contribution in [3.8, 4) is 0 Å². The molecule has 1 rings (SSSR count). The van der Waals surface area contributed by atoms with E-state index in [1.54, 1.807) is 0 Å². The van der Waals surface area contributed by atoms with Crippen molar-refractivity contribution in [3.05, 3.63) is 0 Å². The van der Waals surface area contributed by atoms with Crippen LogP contribution < -0.4 is 0 Å². The van der Waals surface area contributed by atoms with Gasteiger partial charge < -0.3 is 19.3 Å².